The maximum Gasteiger partial charge on any atom is 0.149 e. The molecule has 0 bridgehead atoms. The number of hydrogen-bond donors (Lipinski definition) is 2. The molecule has 5 rings (SSSR count). The average molecular weight is 393 g/mol. The van der Waals surface area contributed by atoms with Crippen molar-refractivity contribution < 1.29 is 18.7 Å². The average Bonchev–Trinajstić information content (AvgIpc) is 3.35. The van der Waals surface area contributed by atoms with Gasteiger partial charge in [0.05, 0.1) is 24.5 Å². The molecule has 6 nitrogen and oxygen atoms in total. The number of aryl methyl sites for hydroxylation is 1. The van der Waals surface area contributed by atoms with Gasteiger partial charge in [0.15, 0.2) is 0 Å². The molecule has 1 aliphatic rings. The Bertz CT molecular complexity index is 1190. The van der Waals surface area contributed by atoms with Crippen LogP contribution < -0.4 is 4.90 Å². The molecular weight excluding hydrogens is 373 g/mol. The number of nitrogens with one attached hydrogen (secondary N) is 1. The molecule has 3 aromatic heterocycles. The van der Waals surface area contributed by atoms with Gasteiger partial charge in [-0.15, -0.1) is 0 Å². The van der Waals surface area contributed by atoms with Crippen molar-refractivity contribution in [3.05, 3.63) is 54.3 Å². The number of rotatable bonds is 3. The van der Waals surface area contributed by atoms with E-state index in [1.165, 1.54) is 6.07 Å². The first kappa shape index (κ1) is 17.8. The third-order valence-corrected chi connectivity index (χ3v) is 5.28. The molecule has 1 aliphatic heterocycles. The zero-order chi connectivity index (χ0) is 20.0. The molecule has 0 amide bonds. The van der Waals surface area contributed by atoms with Gasteiger partial charge in [-0.2, -0.15) is 0 Å². The molecule has 0 atom stereocenters. The molecule has 4 heterocycles. The van der Waals surface area contributed by atoms with Gasteiger partial charge in [0.1, 0.15) is 28.7 Å². The summed E-state index contributed by atoms with van der Waals surface area (Å²) in [6.07, 6.45) is 3.39. The Hall–Kier alpha value is -3.32. The largest absolute Gasteiger partial charge is 0.505 e. The maximum absolute atomic E-state index is 14.9. The highest BCUT2D eigenvalue weighted by Gasteiger charge is 2.23. The Morgan fingerprint density at radius 2 is 2.00 bits per heavy atom. The van der Waals surface area contributed by atoms with Crippen molar-refractivity contribution in [3.63, 3.8) is 0 Å². The SMILES string of the molecule is Cc1ccc(-c2cnc3[nH]cc(-c4c(F)ccc(N5CCOCC5)c4O)c3c2)o1. The van der Waals surface area contributed by atoms with Gasteiger partial charge in [-0.3, -0.25) is 0 Å². The summed E-state index contributed by atoms with van der Waals surface area (Å²) in [5.74, 6) is 0.929. The van der Waals surface area contributed by atoms with Gasteiger partial charge in [-0.05, 0) is 37.3 Å². The minimum atomic E-state index is -0.486. The Morgan fingerprint density at radius 1 is 1.17 bits per heavy atom. The molecule has 0 saturated carbocycles. The van der Waals surface area contributed by atoms with E-state index in [0.717, 1.165) is 11.3 Å². The number of nitrogens with zero attached hydrogens (tertiary/aromatic N) is 2. The molecule has 148 valence electrons. The van der Waals surface area contributed by atoms with Crippen molar-refractivity contribution in [1.29, 1.82) is 0 Å². The third kappa shape index (κ3) is 3.03. The Kier molecular flexibility index (Phi) is 4.24. The number of aromatic hydroxyl groups is 1. The van der Waals surface area contributed by atoms with E-state index in [1.807, 2.05) is 30.0 Å². The van der Waals surface area contributed by atoms with Crippen molar-refractivity contribution >= 4 is 16.7 Å². The van der Waals surface area contributed by atoms with Gasteiger partial charge in [0, 0.05) is 42.0 Å². The maximum atomic E-state index is 14.9. The van der Waals surface area contributed by atoms with Crippen LogP contribution >= 0.6 is 0 Å². The lowest BCUT2D eigenvalue weighted by Gasteiger charge is -2.30. The van der Waals surface area contributed by atoms with E-state index in [9.17, 15) is 9.50 Å². The molecule has 0 spiro atoms. The Labute approximate surface area is 166 Å². The predicted molar refractivity (Wildman–Crippen MR) is 109 cm³/mol. The quantitative estimate of drug-likeness (QED) is 0.537. The lowest BCUT2D eigenvalue weighted by molar-refractivity contribution is 0.122. The van der Waals surface area contributed by atoms with E-state index < -0.39 is 5.82 Å². The summed E-state index contributed by atoms with van der Waals surface area (Å²) in [6.45, 7) is 4.33. The van der Waals surface area contributed by atoms with Crippen molar-refractivity contribution in [3.8, 4) is 28.2 Å². The fraction of sp³-hybridized carbons (Fsp3) is 0.227. The van der Waals surface area contributed by atoms with Crippen LogP contribution in [-0.2, 0) is 4.74 Å². The molecule has 1 saturated heterocycles. The number of anilines is 1. The summed E-state index contributed by atoms with van der Waals surface area (Å²) in [7, 11) is 0. The number of phenolic OH excluding ortho intramolecular Hbond substituents is 1. The van der Waals surface area contributed by atoms with Crippen LogP contribution in [0.25, 0.3) is 33.5 Å². The van der Waals surface area contributed by atoms with E-state index in [0.29, 0.717) is 54.3 Å². The van der Waals surface area contributed by atoms with Crippen molar-refractivity contribution in [2.75, 3.05) is 31.2 Å². The molecule has 2 N–H and O–H groups in total. The molecule has 1 aromatic carbocycles. The molecule has 0 aliphatic carbocycles. The van der Waals surface area contributed by atoms with E-state index in [4.69, 9.17) is 9.15 Å². The van der Waals surface area contributed by atoms with E-state index >= 15 is 0 Å². The molecule has 4 aromatic rings. The summed E-state index contributed by atoms with van der Waals surface area (Å²) in [6, 6.07) is 8.67. The number of benzene rings is 1. The number of halogens is 1. The van der Waals surface area contributed by atoms with Gasteiger partial charge in [0.2, 0.25) is 0 Å². The summed E-state index contributed by atoms with van der Waals surface area (Å²) in [5.41, 5.74) is 2.72. The number of ether oxygens (including phenoxy) is 1. The first-order valence-electron chi connectivity index (χ1n) is 9.50. The number of hydrogen-bond acceptors (Lipinski definition) is 5. The van der Waals surface area contributed by atoms with Gasteiger partial charge < -0.3 is 24.1 Å². The number of pyridine rings is 1. The fourth-order valence-electron chi connectivity index (χ4n) is 3.81. The number of phenols is 1. The summed E-state index contributed by atoms with van der Waals surface area (Å²) >= 11 is 0. The number of H-pyrrole nitrogens is 1. The number of morpholine rings is 1. The van der Waals surface area contributed by atoms with Crippen LogP contribution in [0.15, 0.2) is 47.1 Å². The minimum Gasteiger partial charge on any atom is -0.505 e. The Morgan fingerprint density at radius 3 is 2.76 bits per heavy atom. The van der Waals surface area contributed by atoms with Crippen LogP contribution in [-0.4, -0.2) is 41.4 Å². The zero-order valence-electron chi connectivity index (χ0n) is 15.9. The van der Waals surface area contributed by atoms with Crippen molar-refractivity contribution in [2.45, 2.75) is 6.92 Å². The number of furan rings is 1. The van der Waals surface area contributed by atoms with Crippen molar-refractivity contribution in [1.82, 2.24) is 9.97 Å². The van der Waals surface area contributed by atoms with E-state index in [1.54, 1.807) is 18.5 Å². The lowest BCUT2D eigenvalue weighted by Crippen LogP contribution is -2.36. The number of aromatic amines is 1. The first-order valence-corrected chi connectivity index (χ1v) is 9.50. The number of aromatic nitrogens is 2. The van der Waals surface area contributed by atoms with E-state index in [2.05, 4.69) is 9.97 Å². The van der Waals surface area contributed by atoms with Crippen LogP contribution in [0.1, 0.15) is 5.76 Å². The molecule has 29 heavy (non-hydrogen) atoms. The van der Waals surface area contributed by atoms with Gasteiger partial charge in [-0.25, -0.2) is 9.37 Å². The van der Waals surface area contributed by atoms with Crippen molar-refractivity contribution in [2.24, 2.45) is 0 Å². The molecule has 0 radical (unpaired) electrons. The highest BCUT2D eigenvalue weighted by molar-refractivity contribution is 5.98. The second-order valence-electron chi connectivity index (χ2n) is 7.12. The molecule has 0 unspecified atom stereocenters. The monoisotopic (exact) mass is 393 g/mol. The second kappa shape index (κ2) is 6.93. The highest BCUT2D eigenvalue weighted by atomic mass is 19.1. The highest BCUT2D eigenvalue weighted by Crippen LogP contribution is 2.42. The minimum absolute atomic E-state index is 0.0768. The first-order chi connectivity index (χ1) is 14.1. The zero-order valence-corrected chi connectivity index (χ0v) is 15.9. The second-order valence-corrected chi connectivity index (χ2v) is 7.12. The Balaban J connectivity index is 1.65. The van der Waals surface area contributed by atoms with Crippen LogP contribution in [0.5, 0.6) is 5.75 Å². The summed E-state index contributed by atoms with van der Waals surface area (Å²) < 4.78 is 25.9. The summed E-state index contributed by atoms with van der Waals surface area (Å²) in [5, 5.41) is 11.7. The van der Waals surface area contributed by atoms with Crippen LogP contribution in [0.4, 0.5) is 10.1 Å². The normalized spacial score (nSPS) is 14.6. The topological polar surface area (TPSA) is 74.5 Å². The molecular formula is C22H20FN3O3. The van der Waals surface area contributed by atoms with Crippen LogP contribution in [0, 0.1) is 12.7 Å². The third-order valence-electron chi connectivity index (χ3n) is 5.28. The van der Waals surface area contributed by atoms with Crippen LogP contribution in [0.2, 0.25) is 0 Å². The van der Waals surface area contributed by atoms with Gasteiger partial charge in [-0.1, -0.05) is 0 Å². The fourth-order valence-corrected chi connectivity index (χ4v) is 3.81. The van der Waals surface area contributed by atoms with Gasteiger partial charge in [0.25, 0.3) is 0 Å². The predicted octanol–water partition coefficient (Wildman–Crippen LogP) is 4.48. The van der Waals surface area contributed by atoms with Crippen LogP contribution in [0.3, 0.4) is 0 Å². The summed E-state index contributed by atoms with van der Waals surface area (Å²) in [4.78, 5) is 9.51. The standard InChI is InChI=1S/C22H20FN3O3/c1-13-2-5-19(29-13)14-10-15-16(12-25-22(15)24-11-14)20-17(23)3-4-18(21(20)27)26-6-8-28-9-7-26/h2-5,10-12,27H,6-9H2,1H3,(H,24,25). The van der Waals surface area contributed by atoms with Gasteiger partial charge >= 0.3 is 0 Å². The molecule has 7 heteroatoms. The lowest BCUT2D eigenvalue weighted by atomic mass is 10.0. The smallest absolute Gasteiger partial charge is 0.149 e. The number of fused-ring (bicyclic) bond motifs is 1. The molecule has 1 fully saturated rings. The van der Waals surface area contributed by atoms with E-state index in [-0.39, 0.29) is 11.3 Å².